The second kappa shape index (κ2) is 10.4. The zero-order valence-corrected chi connectivity index (χ0v) is 6.50. The van der Waals surface area contributed by atoms with Crippen molar-refractivity contribution in [3.05, 3.63) is 0 Å². The van der Waals surface area contributed by atoms with E-state index >= 15 is 0 Å². The molecule has 13 heavy (non-hydrogen) atoms. The molecule has 0 rings (SSSR count). The van der Waals surface area contributed by atoms with Crippen LogP contribution in [-0.2, 0) is 39.5 Å². The van der Waals surface area contributed by atoms with Gasteiger partial charge in [-0.1, -0.05) is 11.6 Å². The molecule has 78 valence electrons. The first-order chi connectivity index (χ1) is 6.12. The van der Waals surface area contributed by atoms with Crippen molar-refractivity contribution in [2.24, 2.45) is 0 Å². The highest BCUT2D eigenvalue weighted by Crippen LogP contribution is 1.86. The van der Waals surface area contributed by atoms with Crippen LogP contribution >= 0.6 is 0 Å². The fraction of sp³-hybridized carbons (Fsp3) is 0. The van der Waals surface area contributed by atoms with E-state index in [4.69, 9.17) is 18.9 Å². The lowest BCUT2D eigenvalue weighted by Crippen LogP contribution is -2.11. The van der Waals surface area contributed by atoms with Crippen LogP contribution in [0.3, 0.4) is 0 Å². The molecule has 0 saturated heterocycles. The Hall–Kier alpha value is -1.59. The summed E-state index contributed by atoms with van der Waals surface area (Å²) in [4.78, 5) is 31.8. The molecule has 0 fully saturated rings. The standard InChI is InChI=1S/C2H2O8.HO2S/c3-1(7-5)9-10-2(4)8-6;1-3-2/h5-6H;3H/q;-1. The number of rotatable bonds is 0. The number of hydrogen-bond acceptors (Lipinski definition) is 11. The van der Waals surface area contributed by atoms with Crippen LogP contribution in [0.1, 0.15) is 0 Å². The van der Waals surface area contributed by atoms with Gasteiger partial charge < -0.3 is 8.42 Å². The Balaban J connectivity index is 0. The molecule has 0 aliphatic rings. The minimum absolute atomic E-state index is 1.08. The molecule has 0 aromatic carbocycles. The van der Waals surface area contributed by atoms with Gasteiger partial charge in [0.15, 0.2) is 0 Å². The number of carbonyl (C=O) groups is 2. The highest BCUT2D eigenvalue weighted by Gasteiger charge is 2.10. The fourth-order valence-corrected chi connectivity index (χ4v) is 0.0985. The van der Waals surface area contributed by atoms with Crippen molar-refractivity contribution in [3.63, 3.8) is 0 Å². The molecular weight excluding hydrogens is 216 g/mol. The lowest BCUT2D eigenvalue weighted by Gasteiger charge is -1.94. The first kappa shape index (κ1) is 14.0. The minimum atomic E-state index is -1.68. The summed E-state index contributed by atoms with van der Waals surface area (Å²) >= 11 is -1.08. The van der Waals surface area contributed by atoms with E-state index in [1.807, 2.05) is 0 Å². The Morgan fingerprint density at radius 1 is 0.923 bits per heavy atom. The molecule has 0 aromatic heterocycles. The normalized spacial score (nSPS) is 7.23. The van der Waals surface area contributed by atoms with Gasteiger partial charge in [0.1, 0.15) is 0 Å². The van der Waals surface area contributed by atoms with E-state index in [2.05, 4.69) is 19.6 Å². The van der Waals surface area contributed by atoms with Crippen molar-refractivity contribution in [2.75, 3.05) is 0 Å². The van der Waals surface area contributed by atoms with Crippen LogP contribution in [0.25, 0.3) is 0 Å². The van der Waals surface area contributed by atoms with Gasteiger partial charge in [-0.15, -0.1) is 0 Å². The van der Waals surface area contributed by atoms with Crippen LogP contribution in [0.4, 0.5) is 9.59 Å². The smallest absolute Gasteiger partial charge is 0.427 e. The average molecular weight is 219 g/mol. The molecule has 0 aliphatic carbocycles. The summed E-state index contributed by atoms with van der Waals surface area (Å²) in [6.45, 7) is 0. The van der Waals surface area contributed by atoms with Gasteiger partial charge in [-0.05, 0) is 0 Å². The molecule has 0 bridgehead atoms. The zero-order chi connectivity index (χ0) is 10.7. The average Bonchev–Trinajstić information content (AvgIpc) is 2.14. The summed E-state index contributed by atoms with van der Waals surface area (Å²) in [7, 11) is 0. The molecule has 0 amide bonds. The molecule has 0 saturated carbocycles. The molecule has 11 heteroatoms. The summed E-state index contributed by atoms with van der Waals surface area (Å²) < 4.78 is 16.7. The van der Waals surface area contributed by atoms with E-state index in [9.17, 15) is 9.59 Å². The van der Waals surface area contributed by atoms with Gasteiger partial charge in [0.05, 0.1) is 0 Å². The van der Waals surface area contributed by atoms with E-state index in [-0.39, 0.29) is 0 Å². The van der Waals surface area contributed by atoms with Crippen molar-refractivity contribution < 1.29 is 48.1 Å². The quantitative estimate of drug-likeness (QED) is 0.239. The molecule has 0 unspecified atom stereocenters. The Kier molecular flexibility index (Phi) is 11.2. The zero-order valence-electron chi connectivity index (χ0n) is 5.61. The molecule has 0 aliphatic heterocycles. The predicted octanol–water partition coefficient (Wildman–Crippen LogP) is -0.354. The summed E-state index contributed by atoms with van der Waals surface area (Å²) in [5.41, 5.74) is 0. The third-order valence-electron chi connectivity index (χ3n) is 0.327. The largest absolute Gasteiger partial charge is 0.582 e. The summed E-state index contributed by atoms with van der Waals surface area (Å²) in [5, 5.41) is 14.9. The van der Waals surface area contributed by atoms with Crippen LogP contribution < -0.4 is 0 Å². The predicted molar refractivity (Wildman–Crippen MR) is 30.5 cm³/mol. The number of thiol groups is 1. The van der Waals surface area contributed by atoms with Crippen molar-refractivity contribution >= 4 is 23.9 Å². The molecule has 0 atom stereocenters. The Bertz CT molecular complexity index is 175. The van der Waals surface area contributed by atoms with E-state index < -0.39 is 23.9 Å². The van der Waals surface area contributed by atoms with Crippen molar-refractivity contribution in [1.29, 1.82) is 0 Å². The van der Waals surface area contributed by atoms with Gasteiger partial charge in [-0.25, -0.2) is 0 Å². The third-order valence-corrected chi connectivity index (χ3v) is 0.327. The first-order valence-corrected chi connectivity index (χ1v) is 2.85. The minimum Gasteiger partial charge on any atom is -0.427 e. The van der Waals surface area contributed by atoms with Gasteiger partial charge in [0.25, 0.3) is 0 Å². The maximum absolute atomic E-state index is 9.72. The summed E-state index contributed by atoms with van der Waals surface area (Å²) in [6.07, 6.45) is -3.35. The Morgan fingerprint density at radius 2 is 1.15 bits per heavy atom. The van der Waals surface area contributed by atoms with E-state index in [1.165, 1.54) is 0 Å². The highest BCUT2D eigenvalue weighted by molar-refractivity contribution is 7.51. The van der Waals surface area contributed by atoms with Crippen molar-refractivity contribution in [3.8, 4) is 0 Å². The van der Waals surface area contributed by atoms with Gasteiger partial charge in [-0.3, -0.25) is 9.78 Å². The fourth-order valence-electron chi connectivity index (χ4n) is 0.0985. The van der Waals surface area contributed by atoms with Crippen LogP contribution in [0.5, 0.6) is 0 Å². The molecule has 0 heterocycles. The van der Waals surface area contributed by atoms with Crippen LogP contribution in [0.15, 0.2) is 0 Å². The van der Waals surface area contributed by atoms with Gasteiger partial charge in [0.2, 0.25) is 0 Å². The monoisotopic (exact) mass is 219 g/mol. The molecule has 2 N–H and O–H groups in total. The molecular formula is C2H3O10S-. The number of hydrogen-bond donors (Lipinski definition) is 2. The Morgan fingerprint density at radius 3 is 1.31 bits per heavy atom. The van der Waals surface area contributed by atoms with Crippen LogP contribution in [0, 0.1) is 0 Å². The SMILES string of the molecule is O=C(OO)OOC(=O)OO.O=[SH-]=O. The summed E-state index contributed by atoms with van der Waals surface area (Å²) in [6, 6.07) is 0. The maximum atomic E-state index is 9.72. The lowest BCUT2D eigenvalue weighted by atomic mass is 11.4. The number of carbonyl (C=O) groups excluding carboxylic acids is 2. The first-order valence-electron chi connectivity index (χ1n) is 2.12. The second-order valence-corrected chi connectivity index (χ2v) is 1.07. The Labute approximate surface area is 73.0 Å². The van der Waals surface area contributed by atoms with E-state index in [0.717, 1.165) is 0 Å². The van der Waals surface area contributed by atoms with E-state index in [1.54, 1.807) is 0 Å². The molecule has 0 aromatic rings. The highest BCUT2D eigenvalue weighted by atomic mass is 32.1. The van der Waals surface area contributed by atoms with E-state index in [0.29, 0.717) is 0 Å². The lowest BCUT2D eigenvalue weighted by molar-refractivity contribution is -0.302. The van der Waals surface area contributed by atoms with Gasteiger partial charge in [0, 0.05) is 0 Å². The van der Waals surface area contributed by atoms with Crippen molar-refractivity contribution in [1.82, 2.24) is 0 Å². The summed E-state index contributed by atoms with van der Waals surface area (Å²) in [5.74, 6) is 0. The molecule has 0 radical (unpaired) electrons. The van der Waals surface area contributed by atoms with Crippen LogP contribution in [-0.4, -0.2) is 22.8 Å². The molecule has 0 spiro atoms. The second-order valence-electron chi connectivity index (χ2n) is 0.924. The van der Waals surface area contributed by atoms with Gasteiger partial charge in [-0.2, -0.15) is 29.9 Å². The van der Waals surface area contributed by atoms with Crippen molar-refractivity contribution in [2.45, 2.75) is 0 Å². The van der Waals surface area contributed by atoms with Gasteiger partial charge >= 0.3 is 12.3 Å². The molecule has 10 nitrogen and oxygen atoms in total. The maximum Gasteiger partial charge on any atom is 0.582 e. The topological polar surface area (TPSA) is 146 Å². The van der Waals surface area contributed by atoms with Crippen LogP contribution in [0.2, 0.25) is 0 Å². The third kappa shape index (κ3) is 13.4.